The van der Waals surface area contributed by atoms with Crippen LogP contribution in [0.1, 0.15) is 28.8 Å². The summed E-state index contributed by atoms with van der Waals surface area (Å²) in [6.45, 7) is 4.55. The van der Waals surface area contributed by atoms with E-state index in [-0.39, 0.29) is 5.91 Å². The third-order valence-corrected chi connectivity index (χ3v) is 4.29. The molecule has 3 rings (SSSR count). The molecule has 1 aromatic rings. The Morgan fingerprint density at radius 3 is 2.55 bits per heavy atom. The molecule has 0 atom stereocenters. The second-order valence-corrected chi connectivity index (χ2v) is 5.80. The van der Waals surface area contributed by atoms with Crippen molar-refractivity contribution in [1.82, 2.24) is 4.90 Å². The first kappa shape index (κ1) is 13.9. The number of amides is 1. The molecule has 0 N–H and O–H groups in total. The van der Waals surface area contributed by atoms with Gasteiger partial charge in [-0.3, -0.25) is 4.79 Å². The highest BCUT2D eigenvalue weighted by atomic mass is 35.5. The molecule has 0 aromatic heterocycles. The first-order chi connectivity index (χ1) is 9.60. The fourth-order valence-electron chi connectivity index (χ4n) is 2.83. The number of halogens is 1. The molecule has 1 spiro atoms. The lowest BCUT2D eigenvalue weighted by Gasteiger charge is -2.37. The minimum Gasteiger partial charge on any atom is -0.347 e. The third-order valence-electron chi connectivity index (χ3n) is 4.06. The number of likely N-dealkylation sites (tertiary alicyclic amines) is 1. The number of hydrogen-bond donors (Lipinski definition) is 0. The number of nitrogens with zero attached hydrogens (tertiary/aromatic N) is 1. The molecule has 2 aliphatic rings. The Morgan fingerprint density at radius 1 is 1.25 bits per heavy atom. The molecule has 0 saturated carbocycles. The number of ether oxygens (including phenoxy) is 2. The molecule has 0 radical (unpaired) electrons. The summed E-state index contributed by atoms with van der Waals surface area (Å²) in [5.74, 6) is -0.405. The zero-order valence-electron chi connectivity index (χ0n) is 11.5. The number of rotatable bonds is 1. The third kappa shape index (κ3) is 2.55. The Morgan fingerprint density at radius 2 is 1.90 bits per heavy atom. The fourth-order valence-corrected chi connectivity index (χ4v) is 3.00. The van der Waals surface area contributed by atoms with Crippen molar-refractivity contribution in [3.63, 3.8) is 0 Å². The van der Waals surface area contributed by atoms with E-state index in [0.29, 0.717) is 36.9 Å². The molecular weight excluding hydrogens is 278 g/mol. The first-order valence-electron chi connectivity index (χ1n) is 6.93. The largest absolute Gasteiger partial charge is 0.347 e. The summed E-state index contributed by atoms with van der Waals surface area (Å²) in [7, 11) is 0. The van der Waals surface area contributed by atoms with Crippen LogP contribution in [0.25, 0.3) is 0 Å². The highest BCUT2D eigenvalue weighted by molar-refractivity contribution is 6.31. The molecule has 5 heteroatoms. The molecule has 1 aromatic carbocycles. The van der Waals surface area contributed by atoms with E-state index in [4.69, 9.17) is 21.1 Å². The van der Waals surface area contributed by atoms with Crippen LogP contribution < -0.4 is 0 Å². The van der Waals surface area contributed by atoms with Crippen LogP contribution in [0.2, 0.25) is 5.02 Å². The molecule has 108 valence electrons. The van der Waals surface area contributed by atoms with Crippen LogP contribution in [0.15, 0.2) is 18.2 Å². The van der Waals surface area contributed by atoms with Crippen molar-refractivity contribution >= 4 is 17.5 Å². The summed E-state index contributed by atoms with van der Waals surface area (Å²) in [6.07, 6.45) is 1.47. The number of hydrogen-bond acceptors (Lipinski definition) is 3. The van der Waals surface area contributed by atoms with E-state index >= 15 is 0 Å². The van der Waals surface area contributed by atoms with Gasteiger partial charge in [0.1, 0.15) is 0 Å². The smallest absolute Gasteiger partial charge is 0.254 e. The molecule has 2 fully saturated rings. The van der Waals surface area contributed by atoms with Crippen LogP contribution in [0.3, 0.4) is 0 Å². The van der Waals surface area contributed by atoms with Gasteiger partial charge in [-0.25, -0.2) is 0 Å². The first-order valence-corrected chi connectivity index (χ1v) is 7.31. The van der Waals surface area contributed by atoms with Gasteiger partial charge >= 0.3 is 0 Å². The van der Waals surface area contributed by atoms with Crippen molar-refractivity contribution < 1.29 is 14.3 Å². The normalized spacial score (nSPS) is 21.4. The molecule has 4 nitrogen and oxygen atoms in total. The van der Waals surface area contributed by atoms with Crippen LogP contribution in [0.5, 0.6) is 0 Å². The van der Waals surface area contributed by atoms with Gasteiger partial charge in [0.2, 0.25) is 0 Å². The molecular formula is C15H18ClNO3. The SMILES string of the molecule is Cc1ccc(Cl)cc1C(=O)N1CCC2(CC1)OCCO2. The van der Waals surface area contributed by atoms with Crippen LogP contribution in [-0.4, -0.2) is 42.9 Å². The Kier molecular flexibility index (Phi) is 3.71. The summed E-state index contributed by atoms with van der Waals surface area (Å²) in [5.41, 5.74) is 1.63. The predicted molar refractivity (Wildman–Crippen MR) is 76.0 cm³/mol. The van der Waals surface area contributed by atoms with E-state index < -0.39 is 5.79 Å². The highest BCUT2D eigenvalue weighted by Gasteiger charge is 2.40. The van der Waals surface area contributed by atoms with E-state index in [1.54, 1.807) is 12.1 Å². The lowest BCUT2D eigenvalue weighted by molar-refractivity contribution is -0.181. The molecule has 2 aliphatic heterocycles. The van der Waals surface area contributed by atoms with Gasteiger partial charge in [-0.1, -0.05) is 17.7 Å². The molecule has 2 saturated heterocycles. The van der Waals surface area contributed by atoms with Crippen molar-refractivity contribution in [2.75, 3.05) is 26.3 Å². The predicted octanol–water partition coefficient (Wildman–Crippen LogP) is 2.63. The lowest BCUT2D eigenvalue weighted by Crippen LogP contribution is -2.47. The minimum atomic E-state index is -0.444. The van der Waals surface area contributed by atoms with Crippen molar-refractivity contribution in [3.8, 4) is 0 Å². The summed E-state index contributed by atoms with van der Waals surface area (Å²) in [6, 6.07) is 5.43. The van der Waals surface area contributed by atoms with Crippen LogP contribution in [-0.2, 0) is 9.47 Å². The Hall–Kier alpha value is -1.10. The number of benzene rings is 1. The van der Waals surface area contributed by atoms with E-state index in [0.717, 1.165) is 18.4 Å². The van der Waals surface area contributed by atoms with Gasteiger partial charge < -0.3 is 14.4 Å². The van der Waals surface area contributed by atoms with Crippen molar-refractivity contribution in [3.05, 3.63) is 34.3 Å². The van der Waals surface area contributed by atoms with Gasteiger partial charge in [-0.2, -0.15) is 0 Å². The summed E-state index contributed by atoms with van der Waals surface area (Å²) in [4.78, 5) is 14.4. The van der Waals surface area contributed by atoms with Gasteiger partial charge in [0.15, 0.2) is 5.79 Å². The Bertz CT molecular complexity index is 516. The number of aryl methyl sites for hydroxylation is 1. The molecule has 0 unspecified atom stereocenters. The maximum Gasteiger partial charge on any atom is 0.254 e. The molecule has 2 heterocycles. The maximum absolute atomic E-state index is 12.6. The van der Waals surface area contributed by atoms with E-state index in [9.17, 15) is 4.79 Å². The Balaban J connectivity index is 1.71. The average Bonchev–Trinajstić information content (AvgIpc) is 2.90. The number of carbonyl (C=O) groups is 1. The number of carbonyl (C=O) groups excluding carboxylic acids is 1. The van der Waals surface area contributed by atoms with E-state index in [1.165, 1.54) is 0 Å². The Labute approximate surface area is 123 Å². The zero-order chi connectivity index (χ0) is 14.2. The van der Waals surface area contributed by atoms with Crippen LogP contribution in [0, 0.1) is 6.92 Å². The van der Waals surface area contributed by atoms with Gasteiger partial charge in [0.05, 0.1) is 13.2 Å². The summed E-state index contributed by atoms with van der Waals surface area (Å²) >= 11 is 5.99. The topological polar surface area (TPSA) is 38.8 Å². The van der Waals surface area contributed by atoms with E-state index in [2.05, 4.69) is 0 Å². The molecule has 1 amide bonds. The zero-order valence-corrected chi connectivity index (χ0v) is 12.3. The highest BCUT2D eigenvalue weighted by Crippen LogP contribution is 2.32. The molecule has 0 bridgehead atoms. The summed E-state index contributed by atoms with van der Waals surface area (Å²) < 4.78 is 11.4. The van der Waals surface area contributed by atoms with Gasteiger partial charge in [0.25, 0.3) is 5.91 Å². The van der Waals surface area contributed by atoms with Crippen LogP contribution >= 0.6 is 11.6 Å². The monoisotopic (exact) mass is 295 g/mol. The van der Waals surface area contributed by atoms with Crippen molar-refractivity contribution in [2.24, 2.45) is 0 Å². The van der Waals surface area contributed by atoms with Gasteiger partial charge in [-0.15, -0.1) is 0 Å². The fraction of sp³-hybridized carbons (Fsp3) is 0.533. The summed E-state index contributed by atoms with van der Waals surface area (Å²) in [5, 5.41) is 0.592. The number of piperidine rings is 1. The maximum atomic E-state index is 12.6. The average molecular weight is 296 g/mol. The second kappa shape index (κ2) is 5.35. The van der Waals surface area contributed by atoms with E-state index in [1.807, 2.05) is 17.9 Å². The van der Waals surface area contributed by atoms with Crippen LogP contribution in [0.4, 0.5) is 0 Å². The van der Waals surface area contributed by atoms with Gasteiger partial charge in [0, 0.05) is 36.5 Å². The standard InChI is InChI=1S/C15H18ClNO3/c1-11-2-3-12(16)10-13(11)14(18)17-6-4-15(5-7-17)19-8-9-20-15/h2-3,10H,4-9H2,1H3. The lowest BCUT2D eigenvalue weighted by atomic mass is 10.0. The van der Waals surface area contributed by atoms with Crippen molar-refractivity contribution in [1.29, 1.82) is 0 Å². The van der Waals surface area contributed by atoms with Crippen molar-refractivity contribution in [2.45, 2.75) is 25.6 Å². The quantitative estimate of drug-likeness (QED) is 0.799. The molecule has 20 heavy (non-hydrogen) atoms. The molecule has 0 aliphatic carbocycles. The minimum absolute atomic E-state index is 0.0397. The van der Waals surface area contributed by atoms with Gasteiger partial charge in [-0.05, 0) is 24.6 Å². The second-order valence-electron chi connectivity index (χ2n) is 5.36.